The van der Waals surface area contributed by atoms with Crippen molar-refractivity contribution in [2.45, 2.75) is 19.3 Å². The van der Waals surface area contributed by atoms with Gasteiger partial charge in [-0.3, -0.25) is 4.79 Å². The first kappa shape index (κ1) is 13.8. The first-order valence-electron chi connectivity index (χ1n) is 7.28. The fourth-order valence-electron chi connectivity index (χ4n) is 2.59. The average molecular weight is 285 g/mol. The molecule has 1 aromatic carbocycles. The monoisotopic (exact) mass is 285 g/mol. The standard InChI is InChI=1S/C15H19N5O/c21-15(11-12-5-7-16-8-6-12)19-13-1-3-14(4-2-13)20-17-9-10-18-20/h1-4,9-10,12,16H,5-8,11H2,(H,19,21). The Morgan fingerprint density at radius 1 is 1.19 bits per heavy atom. The fraction of sp³-hybridized carbons (Fsp3) is 0.400. The number of carbonyl (C=O) groups is 1. The van der Waals surface area contributed by atoms with Crippen LogP contribution in [0.3, 0.4) is 0 Å². The van der Waals surface area contributed by atoms with Crippen LogP contribution in [0.25, 0.3) is 5.69 Å². The molecule has 2 heterocycles. The van der Waals surface area contributed by atoms with E-state index >= 15 is 0 Å². The number of rotatable bonds is 4. The second-order valence-corrected chi connectivity index (χ2v) is 5.31. The van der Waals surface area contributed by atoms with Gasteiger partial charge in [0.2, 0.25) is 5.91 Å². The number of amides is 1. The third-order valence-corrected chi connectivity index (χ3v) is 3.73. The molecule has 0 unspecified atom stereocenters. The normalized spacial score (nSPS) is 15.8. The molecule has 6 nitrogen and oxygen atoms in total. The van der Waals surface area contributed by atoms with Crippen LogP contribution in [-0.2, 0) is 4.79 Å². The predicted octanol–water partition coefficient (Wildman–Crippen LogP) is 1.60. The van der Waals surface area contributed by atoms with Crippen LogP contribution in [-0.4, -0.2) is 34.0 Å². The highest BCUT2D eigenvalue weighted by Gasteiger charge is 2.16. The Morgan fingerprint density at radius 2 is 1.86 bits per heavy atom. The predicted molar refractivity (Wildman–Crippen MR) is 80.2 cm³/mol. The van der Waals surface area contributed by atoms with Gasteiger partial charge in [0.15, 0.2) is 0 Å². The summed E-state index contributed by atoms with van der Waals surface area (Å²) in [6, 6.07) is 7.53. The highest BCUT2D eigenvalue weighted by atomic mass is 16.1. The van der Waals surface area contributed by atoms with Gasteiger partial charge in [-0.1, -0.05) is 0 Å². The van der Waals surface area contributed by atoms with Gasteiger partial charge in [0.1, 0.15) is 0 Å². The summed E-state index contributed by atoms with van der Waals surface area (Å²) in [5, 5.41) is 14.4. The van der Waals surface area contributed by atoms with E-state index in [0.29, 0.717) is 12.3 Å². The van der Waals surface area contributed by atoms with Gasteiger partial charge in [0.05, 0.1) is 18.1 Å². The molecule has 1 aliphatic rings. The molecule has 0 atom stereocenters. The number of benzene rings is 1. The molecule has 1 aromatic heterocycles. The van der Waals surface area contributed by atoms with Crippen LogP contribution in [0.5, 0.6) is 0 Å². The van der Waals surface area contributed by atoms with E-state index in [1.54, 1.807) is 17.2 Å². The lowest BCUT2D eigenvalue weighted by molar-refractivity contribution is -0.117. The second kappa shape index (κ2) is 6.49. The van der Waals surface area contributed by atoms with Crippen LogP contribution < -0.4 is 10.6 Å². The molecule has 6 heteroatoms. The SMILES string of the molecule is O=C(CC1CCNCC1)Nc1ccc(-n2nccn2)cc1. The van der Waals surface area contributed by atoms with Crippen molar-refractivity contribution >= 4 is 11.6 Å². The molecular weight excluding hydrogens is 266 g/mol. The first-order valence-corrected chi connectivity index (χ1v) is 7.28. The van der Waals surface area contributed by atoms with E-state index in [9.17, 15) is 4.79 Å². The summed E-state index contributed by atoms with van der Waals surface area (Å²) in [5.74, 6) is 0.589. The molecule has 1 amide bonds. The number of nitrogens with zero attached hydrogens (tertiary/aromatic N) is 3. The van der Waals surface area contributed by atoms with Crippen molar-refractivity contribution in [2.75, 3.05) is 18.4 Å². The Morgan fingerprint density at radius 3 is 2.52 bits per heavy atom. The molecule has 21 heavy (non-hydrogen) atoms. The lowest BCUT2D eigenvalue weighted by Gasteiger charge is -2.21. The molecule has 1 fully saturated rings. The molecule has 0 radical (unpaired) electrons. The molecule has 110 valence electrons. The Bertz CT molecular complexity index is 573. The number of hydrogen-bond donors (Lipinski definition) is 2. The summed E-state index contributed by atoms with van der Waals surface area (Å²) < 4.78 is 0. The number of hydrogen-bond acceptors (Lipinski definition) is 4. The fourth-order valence-corrected chi connectivity index (χ4v) is 2.59. The van der Waals surface area contributed by atoms with Crippen LogP contribution in [0, 0.1) is 5.92 Å². The van der Waals surface area contributed by atoms with Crippen molar-refractivity contribution in [1.29, 1.82) is 0 Å². The molecule has 0 saturated carbocycles. The maximum atomic E-state index is 12.0. The van der Waals surface area contributed by atoms with Gasteiger partial charge in [-0.2, -0.15) is 15.0 Å². The molecule has 0 bridgehead atoms. The average Bonchev–Trinajstić information content (AvgIpc) is 3.03. The van der Waals surface area contributed by atoms with Crippen molar-refractivity contribution < 1.29 is 4.79 Å². The highest BCUT2D eigenvalue weighted by molar-refractivity contribution is 5.90. The van der Waals surface area contributed by atoms with Gasteiger partial charge < -0.3 is 10.6 Å². The van der Waals surface area contributed by atoms with Crippen molar-refractivity contribution in [3.05, 3.63) is 36.7 Å². The van der Waals surface area contributed by atoms with Gasteiger partial charge >= 0.3 is 0 Å². The quantitative estimate of drug-likeness (QED) is 0.895. The number of aromatic nitrogens is 3. The van der Waals surface area contributed by atoms with Crippen molar-refractivity contribution in [3.63, 3.8) is 0 Å². The minimum atomic E-state index is 0.0897. The maximum Gasteiger partial charge on any atom is 0.224 e. The summed E-state index contributed by atoms with van der Waals surface area (Å²) >= 11 is 0. The zero-order chi connectivity index (χ0) is 14.5. The maximum absolute atomic E-state index is 12.0. The van der Waals surface area contributed by atoms with Crippen molar-refractivity contribution in [2.24, 2.45) is 5.92 Å². The summed E-state index contributed by atoms with van der Waals surface area (Å²) in [6.07, 6.45) is 6.03. The molecule has 0 spiro atoms. The zero-order valence-electron chi connectivity index (χ0n) is 11.8. The van der Waals surface area contributed by atoms with Gasteiger partial charge in [-0.25, -0.2) is 0 Å². The van der Waals surface area contributed by atoms with E-state index in [4.69, 9.17) is 0 Å². The summed E-state index contributed by atoms with van der Waals surface area (Å²) in [5.41, 5.74) is 1.68. The minimum absolute atomic E-state index is 0.0897. The van der Waals surface area contributed by atoms with E-state index in [2.05, 4.69) is 20.8 Å². The zero-order valence-corrected chi connectivity index (χ0v) is 11.8. The van der Waals surface area contributed by atoms with Gasteiger partial charge in [-0.15, -0.1) is 0 Å². The topological polar surface area (TPSA) is 71.8 Å². The molecule has 2 N–H and O–H groups in total. The van der Waals surface area contributed by atoms with Crippen LogP contribution in [0.2, 0.25) is 0 Å². The number of carbonyl (C=O) groups excluding carboxylic acids is 1. The van der Waals surface area contributed by atoms with Crippen LogP contribution >= 0.6 is 0 Å². The minimum Gasteiger partial charge on any atom is -0.326 e. The molecule has 3 rings (SSSR count). The van der Waals surface area contributed by atoms with E-state index < -0.39 is 0 Å². The smallest absolute Gasteiger partial charge is 0.224 e. The second-order valence-electron chi connectivity index (χ2n) is 5.31. The molecule has 1 saturated heterocycles. The van der Waals surface area contributed by atoms with Crippen molar-refractivity contribution in [3.8, 4) is 5.69 Å². The summed E-state index contributed by atoms with van der Waals surface area (Å²) in [4.78, 5) is 13.6. The third-order valence-electron chi connectivity index (χ3n) is 3.73. The van der Waals surface area contributed by atoms with Crippen molar-refractivity contribution in [1.82, 2.24) is 20.3 Å². The Balaban J connectivity index is 1.56. The Kier molecular flexibility index (Phi) is 4.25. The number of anilines is 1. The van der Waals surface area contributed by atoms with E-state index in [1.807, 2.05) is 24.3 Å². The molecular formula is C15H19N5O. The van der Waals surface area contributed by atoms with Crippen LogP contribution in [0.15, 0.2) is 36.7 Å². The van der Waals surface area contributed by atoms with Crippen LogP contribution in [0.1, 0.15) is 19.3 Å². The number of piperidine rings is 1. The first-order chi connectivity index (χ1) is 10.3. The van der Waals surface area contributed by atoms with Crippen LogP contribution in [0.4, 0.5) is 5.69 Å². The lowest BCUT2D eigenvalue weighted by Crippen LogP contribution is -2.30. The summed E-state index contributed by atoms with van der Waals surface area (Å²) in [7, 11) is 0. The highest BCUT2D eigenvalue weighted by Crippen LogP contribution is 2.18. The molecule has 1 aliphatic heterocycles. The van der Waals surface area contributed by atoms with E-state index in [1.165, 1.54) is 0 Å². The van der Waals surface area contributed by atoms with E-state index in [-0.39, 0.29) is 5.91 Å². The Hall–Kier alpha value is -2.21. The molecule has 2 aromatic rings. The largest absolute Gasteiger partial charge is 0.326 e. The van der Waals surface area contributed by atoms with Gasteiger partial charge in [-0.05, 0) is 56.1 Å². The number of nitrogens with one attached hydrogen (secondary N) is 2. The van der Waals surface area contributed by atoms with Gasteiger partial charge in [0, 0.05) is 12.1 Å². The third kappa shape index (κ3) is 3.66. The summed E-state index contributed by atoms with van der Waals surface area (Å²) in [6.45, 7) is 2.03. The van der Waals surface area contributed by atoms with E-state index in [0.717, 1.165) is 37.3 Å². The van der Waals surface area contributed by atoms with Gasteiger partial charge in [0.25, 0.3) is 0 Å². The Labute approximate surface area is 123 Å². The lowest BCUT2D eigenvalue weighted by atomic mass is 9.94. The molecule has 0 aliphatic carbocycles.